The van der Waals surface area contributed by atoms with Gasteiger partial charge in [-0.1, -0.05) is 32.0 Å². The molecule has 23 heavy (non-hydrogen) atoms. The maximum atomic E-state index is 12.7. The highest BCUT2D eigenvalue weighted by molar-refractivity contribution is 5.82. The molecule has 2 aliphatic rings. The monoisotopic (exact) mass is 316 g/mol. The number of likely N-dealkylation sites (tertiary alicyclic amines) is 1. The Balaban J connectivity index is 1.65. The maximum absolute atomic E-state index is 12.7. The summed E-state index contributed by atoms with van der Waals surface area (Å²) in [6.07, 6.45) is 2.10. The molecule has 2 aliphatic heterocycles. The van der Waals surface area contributed by atoms with Crippen LogP contribution in [0.15, 0.2) is 24.3 Å². The van der Waals surface area contributed by atoms with Crippen LogP contribution in [0, 0.1) is 11.8 Å². The van der Waals surface area contributed by atoms with Crippen LogP contribution in [0.2, 0.25) is 0 Å². The van der Waals surface area contributed by atoms with Gasteiger partial charge in [-0.05, 0) is 31.2 Å². The van der Waals surface area contributed by atoms with Crippen LogP contribution >= 0.6 is 0 Å². The summed E-state index contributed by atoms with van der Waals surface area (Å²) >= 11 is 0. The van der Waals surface area contributed by atoms with Crippen LogP contribution < -0.4 is 10.1 Å². The van der Waals surface area contributed by atoms with Crippen molar-refractivity contribution in [2.45, 2.75) is 45.7 Å². The molecule has 4 atom stereocenters. The molecule has 0 saturated carbocycles. The number of amides is 1. The van der Waals surface area contributed by atoms with Crippen molar-refractivity contribution in [3.8, 4) is 5.75 Å². The van der Waals surface area contributed by atoms with E-state index in [-0.39, 0.29) is 18.0 Å². The third-order valence-corrected chi connectivity index (χ3v) is 5.10. The fourth-order valence-corrected chi connectivity index (χ4v) is 3.98. The molecular formula is C19H28N2O2. The van der Waals surface area contributed by atoms with E-state index in [9.17, 15) is 4.79 Å². The number of hydrogen-bond donors (Lipinski definition) is 1. The van der Waals surface area contributed by atoms with Crippen LogP contribution in [0.4, 0.5) is 0 Å². The topological polar surface area (TPSA) is 41.6 Å². The number of piperidine rings is 1. The molecule has 0 spiro atoms. The van der Waals surface area contributed by atoms with Gasteiger partial charge in [0.1, 0.15) is 5.75 Å². The molecule has 4 unspecified atom stereocenters. The van der Waals surface area contributed by atoms with Crippen molar-refractivity contribution in [2.75, 3.05) is 19.7 Å². The fraction of sp³-hybridized carbons (Fsp3) is 0.632. The van der Waals surface area contributed by atoms with Gasteiger partial charge < -0.3 is 10.1 Å². The summed E-state index contributed by atoms with van der Waals surface area (Å²) in [6.45, 7) is 9.29. The number of para-hydroxylation sites is 1. The van der Waals surface area contributed by atoms with Crippen molar-refractivity contribution in [1.82, 2.24) is 10.2 Å². The molecule has 1 amide bonds. The van der Waals surface area contributed by atoms with Gasteiger partial charge in [0.25, 0.3) is 0 Å². The average molecular weight is 316 g/mol. The fourth-order valence-electron chi connectivity index (χ4n) is 3.98. The van der Waals surface area contributed by atoms with Crippen molar-refractivity contribution in [3.63, 3.8) is 0 Å². The minimum absolute atomic E-state index is 0.0644. The van der Waals surface area contributed by atoms with Crippen molar-refractivity contribution in [3.05, 3.63) is 29.8 Å². The number of nitrogens with zero attached hydrogens (tertiary/aromatic N) is 1. The zero-order chi connectivity index (χ0) is 16.4. The zero-order valence-electron chi connectivity index (χ0n) is 14.4. The third-order valence-electron chi connectivity index (χ3n) is 5.10. The van der Waals surface area contributed by atoms with Gasteiger partial charge in [0.05, 0.1) is 18.7 Å². The summed E-state index contributed by atoms with van der Waals surface area (Å²) in [6, 6.07) is 8.00. The van der Waals surface area contributed by atoms with Gasteiger partial charge in [0.2, 0.25) is 5.91 Å². The molecular weight excluding hydrogens is 288 g/mol. The number of fused-ring (bicyclic) bond motifs is 1. The predicted octanol–water partition coefficient (Wildman–Crippen LogP) is 2.99. The number of rotatable bonds is 3. The van der Waals surface area contributed by atoms with E-state index >= 15 is 0 Å². The molecule has 2 heterocycles. The van der Waals surface area contributed by atoms with E-state index in [0.29, 0.717) is 18.4 Å². The molecule has 1 fully saturated rings. The van der Waals surface area contributed by atoms with Crippen molar-refractivity contribution >= 4 is 5.91 Å². The predicted molar refractivity (Wildman–Crippen MR) is 91.4 cm³/mol. The van der Waals surface area contributed by atoms with Crippen molar-refractivity contribution in [1.29, 1.82) is 0 Å². The van der Waals surface area contributed by atoms with Crippen LogP contribution in [-0.4, -0.2) is 36.5 Å². The third kappa shape index (κ3) is 3.69. The van der Waals surface area contributed by atoms with Crippen LogP contribution in [0.3, 0.4) is 0 Å². The lowest BCUT2D eigenvalue weighted by Crippen LogP contribution is -2.51. The van der Waals surface area contributed by atoms with Gasteiger partial charge in [0.15, 0.2) is 0 Å². The Hall–Kier alpha value is -1.55. The summed E-state index contributed by atoms with van der Waals surface area (Å²) in [7, 11) is 0. The van der Waals surface area contributed by atoms with E-state index in [1.807, 2.05) is 25.1 Å². The Kier molecular flexibility index (Phi) is 4.90. The average Bonchev–Trinajstić information content (AvgIpc) is 2.53. The van der Waals surface area contributed by atoms with E-state index in [2.05, 4.69) is 30.1 Å². The highest BCUT2D eigenvalue weighted by atomic mass is 16.5. The van der Waals surface area contributed by atoms with E-state index < -0.39 is 0 Å². The SMILES string of the molecule is CC1CC(C)CN(C(C)C(=O)NC2CCOc3ccccc32)C1. The van der Waals surface area contributed by atoms with Gasteiger partial charge in [-0.3, -0.25) is 9.69 Å². The Morgan fingerprint density at radius 1 is 1.26 bits per heavy atom. The van der Waals surface area contributed by atoms with Gasteiger partial charge in [-0.2, -0.15) is 0 Å². The second kappa shape index (κ2) is 6.91. The molecule has 0 bridgehead atoms. The number of ether oxygens (including phenoxy) is 1. The highest BCUT2D eigenvalue weighted by Gasteiger charge is 2.31. The zero-order valence-corrected chi connectivity index (χ0v) is 14.4. The second-order valence-electron chi connectivity index (χ2n) is 7.31. The Labute approximate surface area is 139 Å². The summed E-state index contributed by atoms with van der Waals surface area (Å²) < 4.78 is 5.68. The van der Waals surface area contributed by atoms with Crippen molar-refractivity contribution < 1.29 is 9.53 Å². The molecule has 0 aromatic heterocycles. The molecule has 1 aromatic carbocycles. The summed E-state index contributed by atoms with van der Waals surface area (Å²) in [5, 5.41) is 3.24. The molecule has 126 valence electrons. The normalized spacial score (nSPS) is 29.3. The lowest BCUT2D eigenvalue weighted by molar-refractivity contribution is -0.127. The smallest absolute Gasteiger partial charge is 0.237 e. The maximum Gasteiger partial charge on any atom is 0.237 e. The van der Waals surface area contributed by atoms with E-state index in [1.165, 1.54) is 6.42 Å². The first-order valence-corrected chi connectivity index (χ1v) is 8.80. The first-order valence-electron chi connectivity index (χ1n) is 8.80. The minimum atomic E-state index is -0.0739. The summed E-state index contributed by atoms with van der Waals surface area (Å²) in [5.41, 5.74) is 1.10. The molecule has 1 aromatic rings. The highest BCUT2D eigenvalue weighted by Crippen LogP contribution is 2.31. The molecule has 0 radical (unpaired) electrons. The van der Waals surface area contributed by atoms with E-state index in [4.69, 9.17) is 4.74 Å². The first-order chi connectivity index (χ1) is 11.0. The first kappa shape index (κ1) is 16.3. The lowest BCUT2D eigenvalue weighted by Gasteiger charge is -2.38. The van der Waals surface area contributed by atoms with Gasteiger partial charge in [-0.25, -0.2) is 0 Å². The molecule has 4 heteroatoms. The standard InChI is InChI=1S/C19H28N2O2/c1-13-10-14(2)12-21(11-13)15(3)19(22)20-17-8-9-23-18-7-5-4-6-16(17)18/h4-7,13-15,17H,8-12H2,1-3H3,(H,20,22). The van der Waals surface area contributed by atoms with Crippen LogP contribution in [-0.2, 0) is 4.79 Å². The van der Waals surface area contributed by atoms with Crippen molar-refractivity contribution in [2.24, 2.45) is 11.8 Å². The summed E-state index contributed by atoms with van der Waals surface area (Å²) in [4.78, 5) is 15.1. The minimum Gasteiger partial charge on any atom is -0.493 e. The quantitative estimate of drug-likeness (QED) is 0.932. The molecule has 3 rings (SSSR count). The Morgan fingerprint density at radius 3 is 2.70 bits per heavy atom. The Morgan fingerprint density at radius 2 is 1.96 bits per heavy atom. The van der Waals surface area contributed by atoms with Crippen LogP contribution in [0.1, 0.15) is 45.2 Å². The van der Waals surface area contributed by atoms with E-state index in [0.717, 1.165) is 30.8 Å². The molecule has 4 nitrogen and oxygen atoms in total. The number of hydrogen-bond acceptors (Lipinski definition) is 3. The van der Waals surface area contributed by atoms with Gasteiger partial charge >= 0.3 is 0 Å². The number of carbonyl (C=O) groups excluding carboxylic acids is 1. The number of benzene rings is 1. The lowest BCUT2D eigenvalue weighted by atomic mass is 9.91. The largest absolute Gasteiger partial charge is 0.493 e. The Bertz CT molecular complexity index is 550. The second-order valence-corrected chi connectivity index (χ2v) is 7.31. The summed E-state index contributed by atoms with van der Waals surface area (Å²) in [5.74, 6) is 2.36. The number of nitrogens with one attached hydrogen (secondary N) is 1. The number of carbonyl (C=O) groups is 1. The van der Waals surface area contributed by atoms with Gasteiger partial charge in [0, 0.05) is 25.1 Å². The van der Waals surface area contributed by atoms with Crippen LogP contribution in [0.5, 0.6) is 5.75 Å². The molecule has 0 aliphatic carbocycles. The van der Waals surface area contributed by atoms with E-state index in [1.54, 1.807) is 0 Å². The molecule has 1 saturated heterocycles. The van der Waals surface area contributed by atoms with Crippen LogP contribution in [0.25, 0.3) is 0 Å². The molecule has 1 N–H and O–H groups in total. The van der Waals surface area contributed by atoms with Gasteiger partial charge in [-0.15, -0.1) is 0 Å².